The van der Waals surface area contributed by atoms with Crippen molar-refractivity contribution >= 4 is 22.8 Å². The maximum Gasteiger partial charge on any atom is 0.232 e. The predicted octanol–water partition coefficient (Wildman–Crippen LogP) is 0.593. The van der Waals surface area contributed by atoms with Crippen molar-refractivity contribution in [3.63, 3.8) is 0 Å². The number of nitrogen functional groups attached to an aromatic ring is 1. The van der Waals surface area contributed by atoms with Gasteiger partial charge in [-0.15, -0.1) is 0 Å². The summed E-state index contributed by atoms with van der Waals surface area (Å²) in [6.07, 6.45) is 3.35. The molecule has 0 spiro atoms. The van der Waals surface area contributed by atoms with Crippen LogP contribution in [0.4, 0.5) is 11.6 Å². The number of nitrogens with two attached hydrogens (primary N) is 1. The first kappa shape index (κ1) is 17.8. The molecule has 10 heteroatoms. The first-order chi connectivity index (χ1) is 12.2. The molecule has 2 aromatic rings. The Balaban J connectivity index is 1.44. The Morgan fingerprint density at radius 1 is 1.48 bits per heavy atom. The third kappa shape index (κ3) is 5.23. The van der Waals surface area contributed by atoms with Crippen LogP contribution in [0.2, 0.25) is 0 Å². The van der Waals surface area contributed by atoms with E-state index in [1.807, 2.05) is 12.1 Å². The second-order valence-electron chi connectivity index (χ2n) is 5.64. The second-order valence-corrected chi connectivity index (χ2v) is 6.47. The van der Waals surface area contributed by atoms with E-state index in [1.165, 1.54) is 0 Å². The van der Waals surface area contributed by atoms with Crippen molar-refractivity contribution in [1.29, 1.82) is 0 Å². The molecule has 3 heterocycles. The van der Waals surface area contributed by atoms with Crippen LogP contribution in [0.1, 0.15) is 12.0 Å². The number of hydrogen-bond donors (Lipinski definition) is 3. The molecule has 3 rings (SSSR count). The lowest BCUT2D eigenvalue weighted by Crippen LogP contribution is -2.39. The van der Waals surface area contributed by atoms with E-state index < -0.39 is 11.1 Å². The monoisotopic (exact) mass is 366 g/mol. The summed E-state index contributed by atoms with van der Waals surface area (Å²) in [6, 6.07) is 3.92. The van der Waals surface area contributed by atoms with E-state index in [0.717, 1.165) is 38.1 Å². The van der Waals surface area contributed by atoms with Crippen LogP contribution in [0.25, 0.3) is 0 Å². The fraction of sp³-hybridized carbons (Fsp3) is 0.533. The Morgan fingerprint density at radius 2 is 2.40 bits per heavy atom. The van der Waals surface area contributed by atoms with Gasteiger partial charge in [-0.2, -0.15) is 0 Å². The molecule has 136 valence electrons. The fourth-order valence-electron chi connectivity index (χ4n) is 2.55. The molecule has 25 heavy (non-hydrogen) atoms. The maximum absolute atomic E-state index is 11.1. The summed E-state index contributed by atoms with van der Waals surface area (Å²) in [6.45, 7) is 3.55. The van der Waals surface area contributed by atoms with Crippen molar-refractivity contribution in [2.24, 2.45) is 0 Å². The quantitative estimate of drug-likeness (QED) is 0.454. The Labute approximate surface area is 149 Å². The summed E-state index contributed by atoms with van der Waals surface area (Å²) in [5, 5.41) is 6.32. The molecule has 9 nitrogen and oxygen atoms in total. The average Bonchev–Trinajstić information content (AvgIpc) is 2.94. The van der Waals surface area contributed by atoms with Gasteiger partial charge in [-0.1, -0.05) is 6.07 Å². The standard InChI is InChI=1S/C15H22N6O3S/c16-13-14(21-25(22)20-13)18-5-2-7-24-15-11(3-1-4-19-15)9-12-10-17-6-8-23-12/h1,3-4,12,17H,2,5-10H2,(H2,16,20)(H,18,21). The van der Waals surface area contributed by atoms with E-state index in [9.17, 15) is 4.55 Å². The molecule has 0 saturated carbocycles. The number of pyridine rings is 1. The van der Waals surface area contributed by atoms with Crippen molar-refractivity contribution in [1.82, 2.24) is 19.0 Å². The Hall–Kier alpha value is -2.01. The summed E-state index contributed by atoms with van der Waals surface area (Å²) in [7, 11) is 0. The largest absolute Gasteiger partial charge is 0.546 e. The second kappa shape index (κ2) is 8.90. The smallest absolute Gasteiger partial charge is 0.232 e. The zero-order valence-electron chi connectivity index (χ0n) is 13.8. The lowest BCUT2D eigenvalue weighted by atomic mass is 10.1. The van der Waals surface area contributed by atoms with Crippen LogP contribution in [0.5, 0.6) is 5.88 Å². The molecule has 0 aliphatic carbocycles. The molecule has 1 saturated heterocycles. The van der Waals surface area contributed by atoms with Crippen molar-refractivity contribution in [2.75, 3.05) is 43.9 Å². The van der Waals surface area contributed by atoms with Gasteiger partial charge in [-0.05, 0) is 12.5 Å². The van der Waals surface area contributed by atoms with E-state index in [1.54, 1.807) is 6.20 Å². The summed E-state index contributed by atoms with van der Waals surface area (Å²) in [5.41, 5.74) is 6.63. The van der Waals surface area contributed by atoms with Crippen LogP contribution in [-0.2, 0) is 11.2 Å². The molecular formula is C15H22N6O3S. The summed E-state index contributed by atoms with van der Waals surface area (Å²) in [5.74, 6) is 1.18. The van der Waals surface area contributed by atoms with Crippen molar-refractivity contribution in [3.05, 3.63) is 23.9 Å². The van der Waals surface area contributed by atoms with Gasteiger partial charge in [0, 0.05) is 46.6 Å². The van der Waals surface area contributed by atoms with Gasteiger partial charge in [-0.3, -0.25) is 0 Å². The van der Waals surface area contributed by atoms with Gasteiger partial charge in [0.05, 0.1) is 19.3 Å². The van der Waals surface area contributed by atoms with E-state index in [4.69, 9.17) is 15.2 Å². The third-order valence-electron chi connectivity index (χ3n) is 3.74. The molecular weight excluding hydrogens is 344 g/mol. The molecule has 4 N–H and O–H groups in total. The Morgan fingerprint density at radius 3 is 3.16 bits per heavy atom. The van der Waals surface area contributed by atoms with Crippen LogP contribution in [-0.4, -0.2) is 57.2 Å². The molecule has 0 radical (unpaired) electrons. The summed E-state index contributed by atoms with van der Waals surface area (Å²) in [4.78, 5) is 4.32. The first-order valence-corrected chi connectivity index (χ1v) is 9.27. The number of rotatable bonds is 8. The van der Waals surface area contributed by atoms with Crippen molar-refractivity contribution in [2.45, 2.75) is 18.9 Å². The highest BCUT2D eigenvalue weighted by Crippen LogP contribution is 2.20. The normalized spacial score (nSPS) is 18.1. The third-order valence-corrected chi connectivity index (χ3v) is 4.43. The van der Waals surface area contributed by atoms with E-state index in [0.29, 0.717) is 24.8 Å². The molecule has 1 aliphatic heterocycles. The van der Waals surface area contributed by atoms with Gasteiger partial charge in [0.15, 0.2) is 11.1 Å². The minimum atomic E-state index is -1.60. The van der Waals surface area contributed by atoms with Crippen LogP contribution in [0.3, 0.4) is 0 Å². The molecule has 1 aliphatic rings. The van der Waals surface area contributed by atoms with Crippen LogP contribution >= 0.6 is 11.1 Å². The predicted molar refractivity (Wildman–Crippen MR) is 94.3 cm³/mol. The topological polar surface area (TPSA) is 130 Å². The summed E-state index contributed by atoms with van der Waals surface area (Å²) >= 11 is -1.60. The van der Waals surface area contributed by atoms with Gasteiger partial charge < -0.3 is 30.4 Å². The number of morpholine rings is 1. The van der Waals surface area contributed by atoms with E-state index in [-0.39, 0.29) is 11.9 Å². The highest BCUT2D eigenvalue weighted by Gasteiger charge is 2.17. The van der Waals surface area contributed by atoms with Crippen LogP contribution in [0.15, 0.2) is 18.3 Å². The molecule has 0 amide bonds. The first-order valence-electron chi connectivity index (χ1n) is 8.20. The van der Waals surface area contributed by atoms with Crippen molar-refractivity contribution < 1.29 is 14.0 Å². The number of aromatic nitrogens is 3. The van der Waals surface area contributed by atoms with Gasteiger partial charge >= 0.3 is 0 Å². The highest BCUT2D eigenvalue weighted by atomic mass is 32.2. The van der Waals surface area contributed by atoms with Gasteiger partial charge in [0.1, 0.15) is 0 Å². The average molecular weight is 366 g/mol. The number of hydrogen-bond acceptors (Lipinski definition) is 9. The fourth-order valence-corrected chi connectivity index (χ4v) is 3.16. The zero-order chi connectivity index (χ0) is 17.5. The summed E-state index contributed by atoms with van der Waals surface area (Å²) < 4.78 is 30.1. The molecule has 1 fully saturated rings. The molecule has 2 aromatic heterocycles. The Bertz CT molecular complexity index is 677. The lowest BCUT2D eigenvalue weighted by molar-refractivity contribution is 0.0287. The van der Waals surface area contributed by atoms with Crippen molar-refractivity contribution in [3.8, 4) is 5.88 Å². The van der Waals surface area contributed by atoms with Gasteiger partial charge in [0.2, 0.25) is 17.5 Å². The minimum absolute atomic E-state index is 0.144. The molecule has 2 unspecified atom stereocenters. The highest BCUT2D eigenvalue weighted by molar-refractivity contribution is 7.14. The maximum atomic E-state index is 11.1. The number of nitrogens with zero attached hydrogens (tertiary/aromatic N) is 3. The van der Waals surface area contributed by atoms with E-state index >= 15 is 0 Å². The zero-order valence-corrected chi connectivity index (χ0v) is 14.6. The van der Waals surface area contributed by atoms with E-state index in [2.05, 4.69) is 24.4 Å². The number of nitrogens with one attached hydrogen (secondary N) is 2. The van der Waals surface area contributed by atoms with Gasteiger partial charge in [-0.25, -0.2) is 4.98 Å². The SMILES string of the molecule is Nc1n[s+]([O-])nc1NCCCOc1ncccc1CC1CNCCO1. The van der Waals surface area contributed by atoms with Crippen LogP contribution in [0, 0.1) is 0 Å². The van der Waals surface area contributed by atoms with Gasteiger partial charge in [0.25, 0.3) is 0 Å². The molecule has 0 aromatic carbocycles. The number of ether oxygens (including phenoxy) is 2. The molecule has 2 atom stereocenters. The minimum Gasteiger partial charge on any atom is -0.546 e. The Kier molecular flexibility index (Phi) is 6.34. The number of anilines is 2. The van der Waals surface area contributed by atoms with Crippen LogP contribution < -0.4 is 21.1 Å². The lowest BCUT2D eigenvalue weighted by Gasteiger charge is -2.24. The molecule has 0 bridgehead atoms.